The van der Waals surface area contributed by atoms with E-state index in [2.05, 4.69) is 25.9 Å². The van der Waals surface area contributed by atoms with Gasteiger partial charge in [-0.3, -0.25) is 14.9 Å². The molecule has 0 bridgehead atoms. The number of hydrogen-bond donors (Lipinski definition) is 3. The lowest BCUT2D eigenvalue weighted by Crippen LogP contribution is -2.19. The first kappa shape index (κ1) is 20.0. The van der Waals surface area contributed by atoms with Gasteiger partial charge in [-0.1, -0.05) is 29.8 Å². The summed E-state index contributed by atoms with van der Waals surface area (Å²) in [6.45, 7) is 1.81. The van der Waals surface area contributed by atoms with Gasteiger partial charge in [-0.15, -0.1) is 0 Å². The SMILES string of the molecule is CNC(=O)c1ccccc1Nc1nc(Nc2cc([N+](=O)[O-])ccc2C)ncc1Cl. The van der Waals surface area contributed by atoms with Crippen LogP contribution in [0.2, 0.25) is 5.02 Å². The first-order valence-electron chi connectivity index (χ1n) is 8.51. The zero-order valence-electron chi connectivity index (χ0n) is 15.6. The molecule has 0 atom stereocenters. The second kappa shape index (κ2) is 8.53. The molecule has 0 radical (unpaired) electrons. The predicted molar refractivity (Wildman–Crippen MR) is 111 cm³/mol. The molecular formula is C19H17ClN6O3. The number of rotatable bonds is 6. The van der Waals surface area contributed by atoms with Crippen molar-refractivity contribution in [3.8, 4) is 0 Å². The van der Waals surface area contributed by atoms with Crippen LogP contribution in [-0.4, -0.2) is 27.8 Å². The molecule has 1 heterocycles. The topological polar surface area (TPSA) is 122 Å². The van der Waals surface area contributed by atoms with E-state index in [1.165, 1.54) is 18.3 Å². The van der Waals surface area contributed by atoms with Crippen molar-refractivity contribution in [2.45, 2.75) is 6.92 Å². The van der Waals surface area contributed by atoms with Crippen LogP contribution < -0.4 is 16.0 Å². The summed E-state index contributed by atoms with van der Waals surface area (Å²) in [5.74, 6) is 0.213. The number of carbonyl (C=O) groups is 1. The number of nitrogens with one attached hydrogen (secondary N) is 3. The Kier molecular flexibility index (Phi) is 5.89. The number of anilines is 4. The van der Waals surface area contributed by atoms with Gasteiger partial charge in [0.15, 0.2) is 5.82 Å². The number of aryl methyl sites for hydroxylation is 1. The van der Waals surface area contributed by atoms with Crippen molar-refractivity contribution in [2.24, 2.45) is 0 Å². The largest absolute Gasteiger partial charge is 0.355 e. The van der Waals surface area contributed by atoms with Crippen molar-refractivity contribution < 1.29 is 9.72 Å². The number of non-ortho nitro benzene ring substituents is 1. The van der Waals surface area contributed by atoms with E-state index in [1.807, 2.05) is 0 Å². The lowest BCUT2D eigenvalue weighted by Gasteiger charge is -2.13. The third-order valence-corrected chi connectivity index (χ3v) is 4.35. The minimum Gasteiger partial charge on any atom is -0.355 e. The number of benzene rings is 2. The van der Waals surface area contributed by atoms with Crippen LogP contribution in [0.15, 0.2) is 48.7 Å². The van der Waals surface area contributed by atoms with Gasteiger partial charge in [0, 0.05) is 19.2 Å². The number of halogens is 1. The molecule has 0 aliphatic rings. The minimum absolute atomic E-state index is 0.0510. The van der Waals surface area contributed by atoms with Gasteiger partial charge in [-0.2, -0.15) is 4.98 Å². The molecule has 1 amide bonds. The van der Waals surface area contributed by atoms with E-state index in [4.69, 9.17) is 11.6 Å². The molecule has 29 heavy (non-hydrogen) atoms. The second-order valence-electron chi connectivity index (χ2n) is 6.02. The summed E-state index contributed by atoms with van der Waals surface area (Å²) in [5, 5.41) is 19.8. The average molecular weight is 413 g/mol. The lowest BCUT2D eigenvalue weighted by atomic mass is 10.1. The summed E-state index contributed by atoms with van der Waals surface area (Å²) in [5.41, 5.74) is 2.18. The molecule has 3 aromatic rings. The molecule has 3 N–H and O–H groups in total. The Morgan fingerprint density at radius 2 is 1.90 bits per heavy atom. The fourth-order valence-electron chi connectivity index (χ4n) is 2.55. The molecule has 0 saturated carbocycles. The zero-order valence-corrected chi connectivity index (χ0v) is 16.3. The first-order valence-corrected chi connectivity index (χ1v) is 8.89. The summed E-state index contributed by atoms with van der Waals surface area (Å²) in [6.07, 6.45) is 1.40. The molecule has 0 aliphatic carbocycles. The van der Waals surface area contributed by atoms with Gasteiger partial charge >= 0.3 is 0 Å². The molecule has 2 aromatic carbocycles. The van der Waals surface area contributed by atoms with Gasteiger partial charge in [0.1, 0.15) is 5.02 Å². The molecular weight excluding hydrogens is 396 g/mol. The summed E-state index contributed by atoms with van der Waals surface area (Å²) in [4.78, 5) is 31.1. The highest BCUT2D eigenvalue weighted by Gasteiger charge is 2.14. The molecule has 1 aromatic heterocycles. The van der Waals surface area contributed by atoms with E-state index >= 15 is 0 Å². The lowest BCUT2D eigenvalue weighted by molar-refractivity contribution is -0.384. The van der Waals surface area contributed by atoms with Crippen LogP contribution in [0.5, 0.6) is 0 Å². The van der Waals surface area contributed by atoms with Crippen LogP contribution in [0.25, 0.3) is 0 Å². The normalized spacial score (nSPS) is 10.3. The summed E-state index contributed by atoms with van der Waals surface area (Å²) in [6, 6.07) is 11.4. The molecule has 9 nitrogen and oxygen atoms in total. The molecule has 148 valence electrons. The van der Waals surface area contributed by atoms with Gasteiger partial charge in [-0.05, 0) is 24.6 Å². The van der Waals surface area contributed by atoms with Crippen molar-refractivity contribution in [2.75, 3.05) is 17.7 Å². The standard InChI is InChI=1S/C19H17ClN6O3/c1-11-7-8-12(26(28)29)9-16(11)24-19-22-10-14(20)17(25-19)23-15-6-4-3-5-13(15)18(27)21-2/h3-10H,1-2H3,(H,21,27)(H2,22,23,24,25). The first-order chi connectivity index (χ1) is 13.9. The molecule has 0 saturated heterocycles. The smallest absolute Gasteiger partial charge is 0.271 e. The Bertz CT molecular complexity index is 1090. The van der Waals surface area contributed by atoms with E-state index < -0.39 is 4.92 Å². The third-order valence-electron chi connectivity index (χ3n) is 4.07. The van der Waals surface area contributed by atoms with Crippen molar-refractivity contribution in [1.29, 1.82) is 0 Å². The van der Waals surface area contributed by atoms with E-state index in [1.54, 1.807) is 44.3 Å². The van der Waals surface area contributed by atoms with Crippen LogP contribution in [0, 0.1) is 17.0 Å². The number of amides is 1. The monoisotopic (exact) mass is 412 g/mol. The van der Waals surface area contributed by atoms with Crippen molar-refractivity contribution in [1.82, 2.24) is 15.3 Å². The number of nitrogens with zero attached hydrogens (tertiary/aromatic N) is 3. The Labute approximate surface area is 171 Å². The molecule has 0 fully saturated rings. The Hall–Kier alpha value is -3.72. The highest BCUT2D eigenvalue weighted by molar-refractivity contribution is 6.33. The fraction of sp³-hybridized carbons (Fsp3) is 0.105. The van der Waals surface area contributed by atoms with Crippen LogP contribution >= 0.6 is 11.6 Å². The van der Waals surface area contributed by atoms with Crippen LogP contribution in [0.3, 0.4) is 0 Å². The predicted octanol–water partition coefficient (Wildman–Crippen LogP) is 4.19. The van der Waals surface area contributed by atoms with Gasteiger partial charge < -0.3 is 16.0 Å². The fourth-order valence-corrected chi connectivity index (χ4v) is 2.68. The summed E-state index contributed by atoms with van der Waals surface area (Å²) < 4.78 is 0. The second-order valence-corrected chi connectivity index (χ2v) is 6.43. The quantitative estimate of drug-likeness (QED) is 0.409. The maximum absolute atomic E-state index is 12.1. The third kappa shape index (κ3) is 4.58. The molecule has 0 spiro atoms. The highest BCUT2D eigenvalue weighted by atomic mass is 35.5. The van der Waals surface area contributed by atoms with Crippen molar-refractivity contribution >= 4 is 46.3 Å². The summed E-state index contributed by atoms with van der Waals surface area (Å²) >= 11 is 6.21. The van der Waals surface area contributed by atoms with Crippen LogP contribution in [0.4, 0.5) is 28.8 Å². The van der Waals surface area contributed by atoms with Crippen LogP contribution in [-0.2, 0) is 0 Å². The number of para-hydroxylation sites is 1. The maximum atomic E-state index is 12.1. The van der Waals surface area contributed by atoms with Gasteiger partial charge in [0.25, 0.3) is 11.6 Å². The van der Waals surface area contributed by atoms with Gasteiger partial charge in [0.05, 0.1) is 28.1 Å². The highest BCUT2D eigenvalue weighted by Crippen LogP contribution is 2.28. The summed E-state index contributed by atoms with van der Waals surface area (Å²) in [7, 11) is 1.54. The number of nitro groups is 1. The van der Waals surface area contributed by atoms with Gasteiger partial charge in [0.2, 0.25) is 5.95 Å². The Morgan fingerprint density at radius 3 is 2.62 bits per heavy atom. The van der Waals surface area contributed by atoms with Gasteiger partial charge in [-0.25, -0.2) is 4.98 Å². The minimum atomic E-state index is -0.476. The van der Waals surface area contributed by atoms with E-state index in [9.17, 15) is 14.9 Å². The molecule has 0 unspecified atom stereocenters. The van der Waals surface area contributed by atoms with Crippen molar-refractivity contribution in [3.05, 3.63) is 74.9 Å². The average Bonchev–Trinajstić information content (AvgIpc) is 2.71. The molecule has 10 heteroatoms. The molecule has 3 rings (SSSR count). The Balaban J connectivity index is 1.91. The number of hydrogen-bond acceptors (Lipinski definition) is 7. The number of carbonyl (C=O) groups excluding carboxylic acids is 1. The van der Waals surface area contributed by atoms with E-state index in [0.29, 0.717) is 16.9 Å². The van der Waals surface area contributed by atoms with E-state index in [-0.39, 0.29) is 28.4 Å². The molecule has 0 aliphatic heterocycles. The maximum Gasteiger partial charge on any atom is 0.271 e. The number of aromatic nitrogens is 2. The van der Waals surface area contributed by atoms with Crippen LogP contribution in [0.1, 0.15) is 15.9 Å². The zero-order chi connectivity index (χ0) is 21.0. The van der Waals surface area contributed by atoms with E-state index in [0.717, 1.165) is 5.56 Å². The van der Waals surface area contributed by atoms with Crippen molar-refractivity contribution in [3.63, 3.8) is 0 Å². The Morgan fingerprint density at radius 1 is 1.14 bits per heavy atom. The number of nitro benzene ring substituents is 1.